The van der Waals surface area contributed by atoms with Crippen molar-refractivity contribution in [3.63, 3.8) is 0 Å². The minimum Gasteiger partial charge on any atom is -0.396 e. The second-order valence-corrected chi connectivity index (χ2v) is 6.63. The first-order valence-corrected chi connectivity index (χ1v) is 7.75. The summed E-state index contributed by atoms with van der Waals surface area (Å²) >= 11 is 0. The lowest BCUT2D eigenvalue weighted by Gasteiger charge is -2.36. The van der Waals surface area contributed by atoms with Crippen LogP contribution in [0.3, 0.4) is 0 Å². The minimum absolute atomic E-state index is 0.00725. The van der Waals surface area contributed by atoms with E-state index in [-0.39, 0.29) is 24.5 Å². The Hall–Kier alpha value is -0.170. The first-order valence-electron chi connectivity index (χ1n) is 6.14. The zero-order valence-electron chi connectivity index (χ0n) is 10.6. The number of piperidine rings is 1. The number of hydrogen-bond acceptors (Lipinski definition) is 4. The van der Waals surface area contributed by atoms with Gasteiger partial charge in [-0.05, 0) is 32.6 Å². The predicted octanol–water partition coefficient (Wildman–Crippen LogP) is 0.588. The summed E-state index contributed by atoms with van der Waals surface area (Å²) in [5.41, 5.74) is 0. The molecule has 0 aromatic carbocycles. The molecule has 1 rings (SSSR count). The maximum atomic E-state index is 12.1. The Bertz CT molecular complexity index is 317. The van der Waals surface area contributed by atoms with E-state index >= 15 is 0 Å². The van der Waals surface area contributed by atoms with Crippen molar-refractivity contribution in [2.45, 2.75) is 44.8 Å². The van der Waals surface area contributed by atoms with Gasteiger partial charge in [-0.3, -0.25) is 0 Å². The van der Waals surface area contributed by atoms with Gasteiger partial charge in [0.1, 0.15) is 0 Å². The molecular formula is C11H23NO4S. The lowest BCUT2D eigenvalue weighted by Crippen LogP contribution is -2.47. The summed E-state index contributed by atoms with van der Waals surface area (Å²) < 4.78 is 31.0. The number of aliphatic hydroxyl groups is 1. The summed E-state index contributed by atoms with van der Waals surface area (Å²) in [6, 6.07) is 0.00725. The third-order valence-electron chi connectivity index (χ3n) is 3.27. The standard InChI is InChI=1S/C11H23NO4S/c1-10-9-11(16-2)5-6-12(10)17(14,15)8-4-3-7-13/h10-11,13H,3-9H2,1-2H3. The van der Waals surface area contributed by atoms with Gasteiger partial charge >= 0.3 is 0 Å². The van der Waals surface area contributed by atoms with E-state index in [1.807, 2.05) is 6.92 Å². The van der Waals surface area contributed by atoms with Crippen molar-refractivity contribution in [2.75, 3.05) is 26.0 Å². The number of sulfonamides is 1. The van der Waals surface area contributed by atoms with Crippen LogP contribution in [0.1, 0.15) is 32.6 Å². The molecule has 6 heteroatoms. The van der Waals surface area contributed by atoms with Crippen molar-refractivity contribution in [3.05, 3.63) is 0 Å². The van der Waals surface area contributed by atoms with Crippen LogP contribution in [-0.4, -0.2) is 56.0 Å². The minimum atomic E-state index is -3.17. The Kier molecular flexibility index (Phi) is 5.85. The van der Waals surface area contributed by atoms with Crippen LogP contribution in [0.25, 0.3) is 0 Å². The summed E-state index contributed by atoms with van der Waals surface area (Å²) in [6.07, 6.45) is 2.77. The number of aliphatic hydroxyl groups excluding tert-OH is 1. The SMILES string of the molecule is COC1CCN(S(=O)(=O)CCCCO)C(C)C1. The summed E-state index contributed by atoms with van der Waals surface area (Å²) in [5.74, 6) is 0.134. The van der Waals surface area contributed by atoms with E-state index in [0.717, 1.165) is 12.8 Å². The highest BCUT2D eigenvalue weighted by Gasteiger charge is 2.32. The third kappa shape index (κ3) is 4.21. The van der Waals surface area contributed by atoms with Crippen LogP contribution in [0.5, 0.6) is 0 Å². The van der Waals surface area contributed by atoms with Crippen molar-refractivity contribution < 1.29 is 18.3 Å². The number of ether oxygens (including phenoxy) is 1. The zero-order valence-corrected chi connectivity index (χ0v) is 11.4. The van der Waals surface area contributed by atoms with Gasteiger partial charge in [0.15, 0.2) is 0 Å². The molecule has 5 nitrogen and oxygen atoms in total. The highest BCUT2D eigenvalue weighted by molar-refractivity contribution is 7.89. The first kappa shape index (κ1) is 14.9. The summed E-state index contributed by atoms with van der Waals surface area (Å²) in [7, 11) is -1.50. The molecule has 1 aliphatic rings. The Labute approximate surface area is 104 Å². The zero-order chi connectivity index (χ0) is 12.9. The first-order chi connectivity index (χ1) is 8.01. The molecular weight excluding hydrogens is 242 g/mol. The molecule has 17 heavy (non-hydrogen) atoms. The van der Waals surface area contributed by atoms with Gasteiger partial charge < -0.3 is 9.84 Å². The smallest absolute Gasteiger partial charge is 0.214 e. The van der Waals surface area contributed by atoms with Crippen LogP contribution < -0.4 is 0 Å². The molecule has 0 radical (unpaired) electrons. The molecule has 1 saturated heterocycles. The second-order valence-electron chi connectivity index (χ2n) is 4.59. The average molecular weight is 265 g/mol. The maximum absolute atomic E-state index is 12.1. The molecule has 0 aromatic rings. The highest BCUT2D eigenvalue weighted by Crippen LogP contribution is 2.22. The number of nitrogens with zero attached hydrogens (tertiary/aromatic N) is 1. The Morgan fingerprint density at radius 1 is 1.41 bits per heavy atom. The normalized spacial score (nSPS) is 27.2. The van der Waals surface area contributed by atoms with E-state index in [2.05, 4.69) is 0 Å². The molecule has 2 unspecified atom stereocenters. The van der Waals surface area contributed by atoms with Crippen LogP contribution in [-0.2, 0) is 14.8 Å². The van der Waals surface area contributed by atoms with Crippen LogP contribution in [0.4, 0.5) is 0 Å². The van der Waals surface area contributed by atoms with Crippen molar-refractivity contribution >= 4 is 10.0 Å². The van der Waals surface area contributed by atoms with Crippen molar-refractivity contribution in [2.24, 2.45) is 0 Å². The molecule has 0 amide bonds. The maximum Gasteiger partial charge on any atom is 0.214 e. The third-order valence-corrected chi connectivity index (χ3v) is 5.33. The number of hydrogen-bond donors (Lipinski definition) is 1. The Balaban J connectivity index is 2.54. The van der Waals surface area contributed by atoms with Crippen LogP contribution in [0.15, 0.2) is 0 Å². The van der Waals surface area contributed by atoms with Gasteiger partial charge in [-0.2, -0.15) is 4.31 Å². The monoisotopic (exact) mass is 265 g/mol. The molecule has 0 bridgehead atoms. The van der Waals surface area contributed by atoms with E-state index in [0.29, 0.717) is 19.4 Å². The van der Waals surface area contributed by atoms with E-state index in [4.69, 9.17) is 9.84 Å². The van der Waals surface area contributed by atoms with Gasteiger partial charge in [0, 0.05) is 26.3 Å². The van der Waals surface area contributed by atoms with E-state index in [9.17, 15) is 8.42 Å². The van der Waals surface area contributed by atoms with Crippen molar-refractivity contribution in [3.8, 4) is 0 Å². The topological polar surface area (TPSA) is 66.8 Å². The number of rotatable bonds is 6. The molecule has 0 spiro atoms. The summed E-state index contributed by atoms with van der Waals surface area (Å²) in [5, 5.41) is 8.67. The van der Waals surface area contributed by atoms with Gasteiger partial charge in [0.05, 0.1) is 11.9 Å². The van der Waals surface area contributed by atoms with Gasteiger partial charge in [0.25, 0.3) is 0 Å². The van der Waals surface area contributed by atoms with E-state index < -0.39 is 10.0 Å². The predicted molar refractivity (Wildman–Crippen MR) is 66.3 cm³/mol. The average Bonchev–Trinajstić information content (AvgIpc) is 2.28. The van der Waals surface area contributed by atoms with Crippen LogP contribution in [0, 0.1) is 0 Å². The van der Waals surface area contributed by atoms with E-state index in [1.54, 1.807) is 11.4 Å². The number of methoxy groups -OCH3 is 1. The van der Waals surface area contributed by atoms with Gasteiger partial charge in [-0.25, -0.2) is 8.42 Å². The lowest BCUT2D eigenvalue weighted by molar-refractivity contribution is 0.0422. The Morgan fingerprint density at radius 3 is 2.65 bits per heavy atom. The van der Waals surface area contributed by atoms with Gasteiger partial charge in [0.2, 0.25) is 10.0 Å². The molecule has 1 fully saturated rings. The summed E-state index contributed by atoms with van der Waals surface area (Å²) in [6.45, 7) is 2.52. The quantitative estimate of drug-likeness (QED) is 0.714. The highest BCUT2D eigenvalue weighted by atomic mass is 32.2. The van der Waals surface area contributed by atoms with Gasteiger partial charge in [-0.15, -0.1) is 0 Å². The lowest BCUT2D eigenvalue weighted by atomic mass is 10.0. The van der Waals surface area contributed by atoms with Gasteiger partial charge in [-0.1, -0.05) is 0 Å². The second kappa shape index (κ2) is 6.68. The van der Waals surface area contributed by atoms with Crippen molar-refractivity contribution in [1.29, 1.82) is 0 Å². The fourth-order valence-electron chi connectivity index (χ4n) is 2.25. The molecule has 1 N–H and O–H groups in total. The largest absolute Gasteiger partial charge is 0.396 e. The van der Waals surface area contributed by atoms with E-state index in [1.165, 1.54) is 0 Å². The summed E-state index contributed by atoms with van der Waals surface area (Å²) in [4.78, 5) is 0. The number of unbranched alkanes of at least 4 members (excludes halogenated alkanes) is 1. The fourth-order valence-corrected chi connectivity index (χ4v) is 4.07. The van der Waals surface area contributed by atoms with Crippen LogP contribution >= 0.6 is 0 Å². The fraction of sp³-hybridized carbons (Fsp3) is 1.00. The Morgan fingerprint density at radius 2 is 2.12 bits per heavy atom. The molecule has 0 saturated carbocycles. The molecule has 102 valence electrons. The molecule has 1 aliphatic heterocycles. The molecule has 2 atom stereocenters. The molecule has 1 heterocycles. The van der Waals surface area contributed by atoms with Crippen LogP contribution in [0.2, 0.25) is 0 Å². The van der Waals surface area contributed by atoms with Crippen molar-refractivity contribution in [1.82, 2.24) is 4.31 Å². The molecule has 0 aromatic heterocycles. The molecule has 0 aliphatic carbocycles.